The Hall–Kier alpha value is -4.00. The number of Topliss-reactive ketones (excluding diaryl/α,β-unsaturated/α-hetero) is 1. The number of anilines is 1. The molecule has 1 N–H and O–H groups in total. The highest BCUT2D eigenvalue weighted by Crippen LogP contribution is 2.44. The van der Waals surface area contributed by atoms with Gasteiger partial charge >= 0.3 is 0 Å². The maximum atomic E-state index is 13.3. The number of carbonyl (C=O) groups excluding carboxylic acids is 2. The van der Waals surface area contributed by atoms with Gasteiger partial charge in [-0.15, -0.1) is 0 Å². The van der Waals surface area contributed by atoms with E-state index in [1.54, 1.807) is 37.3 Å². The van der Waals surface area contributed by atoms with Crippen LogP contribution in [0.2, 0.25) is 0 Å². The average Bonchev–Trinajstić information content (AvgIpc) is 3.32. The molecule has 0 aliphatic carbocycles. The Kier molecular flexibility index (Phi) is 5.72. The predicted molar refractivity (Wildman–Crippen MR) is 124 cm³/mol. The van der Waals surface area contributed by atoms with Crippen LogP contribution in [0.15, 0.2) is 58.5 Å². The van der Waals surface area contributed by atoms with E-state index in [-0.39, 0.29) is 16.9 Å². The lowest BCUT2D eigenvalue weighted by Crippen LogP contribution is -2.29. The number of nitrogens with zero attached hydrogens (tertiary/aromatic N) is 1. The van der Waals surface area contributed by atoms with Gasteiger partial charge in [-0.25, -0.2) is 0 Å². The quantitative estimate of drug-likeness (QED) is 0.342. The molecule has 1 unspecified atom stereocenters. The number of ketones is 1. The Morgan fingerprint density at radius 2 is 1.64 bits per heavy atom. The van der Waals surface area contributed by atoms with Crippen molar-refractivity contribution in [3.05, 3.63) is 82.3 Å². The number of furan rings is 1. The fourth-order valence-electron chi connectivity index (χ4n) is 4.20. The van der Waals surface area contributed by atoms with Crippen LogP contribution in [0, 0.1) is 20.8 Å². The van der Waals surface area contributed by atoms with Gasteiger partial charge in [-0.3, -0.25) is 14.5 Å². The molecule has 0 radical (unpaired) electrons. The monoisotopic (exact) mass is 447 g/mol. The maximum absolute atomic E-state index is 13.3. The first-order chi connectivity index (χ1) is 15.7. The van der Waals surface area contributed by atoms with E-state index in [1.807, 2.05) is 32.0 Å². The number of aliphatic hydroxyl groups is 1. The Balaban J connectivity index is 1.97. The molecule has 33 heavy (non-hydrogen) atoms. The summed E-state index contributed by atoms with van der Waals surface area (Å²) in [5.41, 5.74) is 2.63. The molecule has 1 amide bonds. The molecule has 1 saturated heterocycles. The average molecular weight is 447 g/mol. The normalized spacial score (nSPS) is 17.5. The van der Waals surface area contributed by atoms with E-state index < -0.39 is 17.7 Å². The first-order valence-electron chi connectivity index (χ1n) is 10.4. The number of hydrogen-bond donors (Lipinski definition) is 1. The van der Waals surface area contributed by atoms with Gasteiger partial charge in [0, 0.05) is 11.8 Å². The zero-order chi connectivity index (χ0) is 23.9. The predicted octanol–water partition coefficient (Wildman–Crippen LogP) is 4.85. The van der Waals surface area contributed by atoms with Gasteiger partial charge in [0.25, 0.3) is 11.7 Å². The van der Waals surface area contributed by atoms with Crippen LogP contribution in [0.5, 0.6) is 11.5 Å². The molecule has 7 heteroatoms. The molecule has 1 atom stereocenters. The number of aryl methyl sites for hydroxylation is 3. The van der Waals surface area contributed by atoms with Crippen molar-refractivity contribution in [3.8, 4) is 11.5 Å². The van der Waals surface area contributed by atoms with Crippen LogP contribution in [0.4, 0.5) is 5.69 Å². The number of amides is 1. The highest BCUT2D eigenvalue weighted by atomic mass is 16.5. The summed E-state index contributed by atoms with van der Waals surface area (Å²) >= 11 is 0. The van der Waals surface area contributed by atoms with Crippen molar-refractivity contribution in [2.75, 3.05) is 19.1 Å². The van der Waals surface area contributed by atoms with Gasteiger partial charge in [-0.2, -0.15) is 0 Å². The number of benzene rings is 2. The van der Waals surface area contributed by atoms with Crippen LogP contribution >= 0.6 is 0 Å². The number of ether oxygens (including phenoxy) is 2. The number of rotatable bonds is 5. The van der Waals surface area contributed by atoms with Crippen molar-refractivity contribution in [1.82, 2.24) is 0 Å². The molecule has 0 saturated carbocycles. The molecule has 2 heterocycles. The highest BCUT2D eigenvalue weighted by molar-refractivity contribution is 6.51. The SMILES string of the molecule is COc1ccc(/C(O)=C2/C(=O)C(=O)N(c3cc(C)cc(C)c3)C2c2ccc(C)o2)c(OC)c1. The number of aliphatic hydroxyl groups excluding tert-OH is 1. The Morgan fingerprint density at radius 1 is 0.939 bits per heavy atom. The molecule has 3 aromatic rings. The van der Waals surface area contributed by atoms with Gasteiger partial charge < -0.3 is 19.0 Å². The van der Waals surface area contributed by atoms with Gasteiger partial charge in [0.05, 0.1) is 25.4 Å². The Bertz CT molecular complexity index is 1270. The fraction of sp³-hybridized carbons (Fsp3) is 0.231. The summed E-state index contributed by atoms with van der Waals surface area (Å²) in [5.74, 6) is -0.0653. The highest BCUT2D eigenvalue weighted by Gasteiger charge is 2.48. The third-order valence-corrected chi connectivity index (χ3v) is 5.62. The van der Waals surface area contributed by atoms with E-state index in [0.717, 1.165) is 11.1 Å². The third-order valence-electron chi connectivity index (χ3n) is 5.62. The molecule has 170 valence electrons. The zero-order valence-electron chi connectivity index (χ0n) is 19.1. The second kappa shape index (κ2) is 8.50. The Morgan fingerprint density at radius 3 is 2.21 bits per heavy atom. The van der Waals surface area contributed by atoms with E-state index >= 15 is 0 Å². The zero-order valence-corrected chi connectivity index (χ0v) is 19.1. The van der Waals surface area contributed by atoms with E-state index in [2.05, 4.69) is 0 Å². The summed E-state index contributed by atoms with van der Waals surface area (Å²) in [6.07, 6.45) is 0. The number of carbonyl (C=O) groups is 2. The van der Waals surface area contributed by atoms with Crippen molar-refractivity contribution in [3.63, 3.8) is 0 Å². The van der Waals surface area contributed by atoms with E-state index in [4.69, 9.17) is 13.9 Å². The summed E-state index contributed by atoms with van der Waals surface area (Å²) in [7, 11) is 2.97. The lowest BCUT2D eigenvalue weighted by Gasteiger charge is -2.24. The second-order valence-corrected chi connectivity index (χ2v) is 8.03. The van der Waals surface area contributed by atoms with Crippen LogP contribution in [0.25, 0.3) is 5.76 Å². The largest absolute Gasteiger partial charge is 0.507 e. The standard InChI is InChI=1S/C26H25NO6/c1-14-10-15(2)12-17(11-14)27-23(20-9-6-16(3)33-20)22(25(29)26(27)30)24(28)19-8-7-18(31-4)13-21(19)32-5/h6-13,23,28H,1-5H3/b24-22-. The summed E-state index contributed by atoms with van der Waals surface area (Å²) < 4.78 is 16.5. The summed E-state index contributed by atoms with van der Waals surface area (Å²) in [4.78, 5) is 27.9. The summed E-state index contributed by atoms with van der Waals surface area (Å²) in [5, 5.41) is 11.3. The van der Waals surface area contributed by atoms with Gasteiger partial charge in [-0.1, -0.05) is 6.07 Å². The third kappa shape index (κ3) is 3.86. The fourth-order valence-corrected chi connectivity index (χ4v) is 4.20. The van der Waals surface area contributed by atoms with Crippen molar-refractivity contribution < 1.29 is 28.6 Å². The lowest BCUT2D eigenvalue weighted by molar-refractivity contribution is -0.132. The summed E-state index contributed by atoms with van der Waals surface area (Å²) in [6, 6.07) is 13.0. The smallest absolute Gasteiger partial charge is 0.300 e. The van der Waals surface area contributed by atoms with Crippen LogP contribution in [-0.2, 0) is 9.59 Å². The lowest BCUT2D eigenvalue weighted by atomic mass is 9.98. The van der Waals surface area contributed by atoms with Gasteiger partial charge in [0.1, 0.15) is 34.8 Å². The van der Waals surface area contributed by atoms with Gasteiger partial charge in [0.15, 0.2) is 0 Å². The van der Waals surface area contributed by atoms with Crippen molar-refractivity contribution >= 4 is 23.1 Å². The van der Waals surface area contributed by atoms with E-state index in [0.29, 0.717) is 28.7 Å². The molecule has 0 bridgehead atoms. The van der Waals surface area contributed by atoms with E-state index in [1.165, 1.54) is 19.1 Å². The van der Waals surface area contributed by atoms with Crippen LogP contribution in [-0.4, -0.2) is 31.0 Å². The van der Waals surface area contributed by atoms with Gasteiger partial charge in [-0.05, 0) is 68.3 Å². The van der Waals surface area contributed by atoms with E-state index in [9.17, 15) is 14.7 Å². The van der Waals surface area contributed by atoms with Crippen molar-refractivity contribution in [2.45, 2.75) is 26.8 Å². The van der Waals surface area contributed by atoms with Crippen molar-refractivity contribution in [2.24, 2.45) is 0 Å². The first-order valence-corrected chi connectivity index (χ1v) is 10.4. The minimum absolute atomic E-state index is 0.0722. The van der Waals surface area contributed by atoms with Crippen molar-refractivity contribution in [1.29, 1.82) is 0 Å². The molecule has 7 nitrogen and oxygen atoms in total. The molecular weight excluding hydrogens is 422 g/mol. The second-order valence-electron chi connectivity index (χ2n) is 8.03. The molecule has 0 spiro atoms. The van der Waals surface area contributed by atoms with Crippen LogP contribution in [0.1, 0.15) is 34.3 Å². The summed E-state index contributed by atoms with van der Waals surface area (Å²) in [6.45, 7) is 5.61. The molecule has 4 rings (SSSR count). The Labute approximate surface area is 191 Å². The van der Waals surface area contributed by atoms with Crippen LogP contribution < -0.4 is 14.4 Å². The minimum atomic E-state index is -0.938. The molecule has 1 aliphatic heterocycles. The minimum Gasteiger partial charge on any atom is -0.507 e. The number of hydrogen-bond acceptors (Lipinski definition) is 6. The number of methoxy groups -OCH3 is 2. The topological polar surface area (TPSA) is 89.2 Å². The first kappa shape index (κ1) is 22.2. The molecule has 1 fully saturated rings. The van der Waals surface area contributed by atoms with Crippen LogP contribution in [0.3, 0.4) is 0 Å². The molecular formula is C26H25NO6. The molecule has 1 aromatic heterocycles. The molecule has 2 aromatic carbocycles. The van der Waals surface area contributed by atoms with Gasteiger partial charge in [0.2, 0.25) is 0 Å². The maximum Gasteiger partial charge on any atom is 0.300 e. The molecule has 1 aliphatic rings.